The van der Waals surface area contributed by atoms with Gasteiger partial charge in [-0.2, -0.15) is 18.3 Å². The lowest BCUT2D eigenvalue weighted by atomic mass is 10.4. The number of alkyl halides is 3. The Kier molecular flexibility index (Phi) is 3.33. The van der Waals surface area contributed by atoms with Crippen molar-refractivity contribution < 1.29 is 18.0 Å². The molecular formula is C8H10F3N3O. The van der Waals surface area contributed by atoms with Crippen LogP contribution in [0.2, 0.25) is 0 Å². The molecule has 0 aliphatic rings. The molecule has 0 fully saturated rings. The molecule has 0 aliphatic heterocycles. The molecule has 7 heteroatoms. The van der Waals surface area contributed by atoms with E-state index in [0.29, 0.717) is 0 Å². The van der Waals surface area contributed by atoms with Gasteiger partial charge in [0.05, 0.1) is 0 Å². The number of hydrogen-bond acceptors (Lipinski definition) is 2. The molecule has 0 radical (unpaired) electrons. The second-order valence-electron chi connectivity index (χ2n) is 2.92. The molecule has 0 aromatic carbocycles. The molecule has 0 unspecified atom stereocenters. The highest BCUT2D eigenvalue weighted by Gasteiger charge is 2.28. The fourth-order valence-corrected chi connectivity index (χ4v) is 0.931. The van der Waals surface area contributed by atoms with Crippen molar-refractivity contribution in [3.63, 3.8) is 0 Å². The van der Waals surface area contributed by atoms with Crippen molar-refractivity contribution in [2.24, 2.45) is 0 Å². The van der Waals surface area contributed by atoms with E-state index in [0.717, 1.165) is 4.68 Å². The van der Waals surface area contributed by atoms with Crippen molar-refractivity contribution >= 4 is 11.7 Å². The smallest absolute Gasteiger partial charge is 0.309 e. The zero-order valence-corrected chi connectivity index (χ0v) is 8.01. The lowest BCUT2D eigenvalue weighted by Gasteiger charge is -2.05. The third-order valence-electron chi connectivity index (χ3n) is 1.57. The van der Waals surface area contributed by atoms with E-state index in [-0.39, 0.29) is 18.1 Å². The molecule has 1 heterocycles. The van der Waals surface area contributed by atoms with Crippen molar-refractivity contribution in [3.8, 4) is 0 Å². The predicted molar refractivity (Wildman–Crippen MR) is 47.2 cm³/mol. The van der Waals surface area contributed by atoms with Gasteiger partial charge in [0.25, 0.3) is 0 Å². The molecule has 0 atom stereocenters. The summed E-state index contributed by atoms with van der Waals surface area (Å²) in [6, 6.07) is 1.32. The summed E-state index contributed by atoms with van der Waals surface area (Å²) < 4.78 is 36.5. The first-order valence-electron chi connectivity index (χ1n) is 4.31. The van der Waals surface area contributed by atoms with E-state index in [1.807, 2.05) is 0 Å². The standard InChI is InChI=1S/C8H10F3N3O/c1-2-7(15)12-6-3-4-14(13-6)5-8(9,10)11/h3-4H,2,5H2,1H3,(H,12,13,15). The molecule has 1 N–H and O–H groups in total. The topological polar surface area (TPSA) is 46.9 Å². The quantitative estimate of drug-likeness (QED) is 0.845. The molecule has 1 aromatic rings. The van der Waals surface area contributed by atoms with E-state index in [2.05, 4.69) is 10.4 Å². The predicted octanol–water partition coefficient (Wildman–Crippen LogP) is 1.79. The van der Waals surface area contributed by atoms with Gasteiger partial charge in [0.15, 0.2) is 5.82 Å². The third-order valence-corrected chi connectivity index (χ3v) is 1.57. The summed E-state index contributed by atoms with van der Waals surface area (Å²) in [6.45, 7) is 0.483. The molecule has 1 rings (SSSR count). The minimum Gasteiger partial charge on any atom is -0.309 e. The molecule has 0 saturated carbocycles. The second-order valence-corrected chi connectivity index (χ2v) is 2.92. The Bertz CT molecular complexity index is 345. The summed E-state index contributed by atoms with van der Waals surface area (Å²) in [4.78, 5) is 10.9. The van der Waals surface area contributed by atoms with Crippen LogP contribution in [0, 0.1) is 0 Å². The lowest BCUT2D eigenvalue weighted by molar-refractivity contribution is -0.142. The van der Waals surface area contributed by atoms with Crippen molar-refractivity contribution in [2.45, 2.75) is 26.1 Å². The van der Waals surface area contributed by atoms with Gasteiger partial charge in [-0.05, 0) is 0 Å². The monoisotopic (exact) mass is 221 g/mol. The molecule has 1 aromatic heterocycles. The molecule has 0 spiro atoms. The van der Waals surface area contributed by atoms with Gasteiger partial charge in [-0.3, -0.25) is 9.48 Å². The van der Waals surface area contributed by atoms with Crippen molar-refractivity contribution in [2.75, 3.05) is 5.32 Å². The highest BCUT2D eigenvalue weighted by Crippen LogP contribution is 2.17. The van der Waals surface area contributed by atoms with Gasteiger partial charge < -0.3 is 5.32 Å². The van der Waals surface area contributed by atoms with Crippen LogP contribution in [0.15, 0.2) is 12.3 Å². The number of anilines is 1. The molecule has 84 valence electrons. The number of halogens is 3. The highest BCUT2D eigenvalue weighted by molar-refractivity contribution is 5.89. The number of rotatable bonds is 3. The Morgan fingerprint density at radius 1 is 1.60 bits per heavy atom. The molecule has 0 aliphatic carbocycles. The van der Waals surface area contributed by atoms with Crippen LogP contribution < -0.4 is 5.32 Å². The maximum absolute atomic E-state index is 11.9. The van der Waals surface area contributed by atoms with E-state index in [1.165, 1.54) is 12.3 Å². The summed E-state index contributed by atoms with van der Waals surface area (Å²) in [7, 11) is 0. The Hall–Kier alpha value is -1.53. The van der Waals surface area contributed by atoms with Gasteiger partial charge in [-0.15, -0.1) is 0 Å². The molecular weight excluding hydrogens is 211 g/mol. The average molecular weight is 221 g/mol. The fraction of sp³-hybridized carbons (Fsp3) is 0.500. The minimum atomic E-state index is -4.31. The van der Waals surface area contributed by atoms with Crippen LogP contribution in [0.5, 0.6) is 0 Å². The number of carbonyl (C=O) groups excluding carboxylic acids is 1. The molecule has 0 bridgehead atoms. The molecule has 1 amide bonds. The molecule has 4 nitrogen and oxygen atoms in total. The van der Waals surface area contributed by atoms with Crippen LogP contribution in [0.25, 0.3) is 0 Å². The van der Waals surface area contributed by atoms with Gasteiger partial charge in [-0.25, -0.2) is 0 Å². The zero-order chi connectivity index (χ0) is 11.5. The van der Waals surface area contributed by atoms with Crippen molar-refractivity contribution in [1.82, 2.24) is 9.78 Å². The van der Waals surface area contributed by atoms with Gasteiger partial charge in [-0.1, -0.05) is 6.92 Å². The highest BCUT2D eigenvalue weighted by atomic mass is 19.4. The largest absolute Gasteiger partial charge is 0.408 e. The van der Waals surface area contributed by atoms with E-state index in [1.54, 1.807) is 6.92 Å². The normalized spacial score (nSPS) is 11.5. The Labute approximate surface area is 84.1 Å². The number of nitrogens with zero attached hydrogens (tertiary/aromatic N) is 2. The van der Waals surface area contributed by atoms with E-state index in [4.69, 9.17) is 0 Å². The summed E-state index contributed by atoms with van der Waals surface area (Å²) in [5.74, 6) is -0.154. The van der Waals surface area contributed by atoms with Crippen LogP contribution in [-0.2, 0) is 11.3 Å². The van der Waals surface area contributed by atoms with Gasteiger partial charge in [0.2, 0.25) is 5.91 Å². The van der Waals surface area contributed by atoms with Crippen LogP contribution >= 0.6 is 0 Å². The van der Waals surface area contributed by atoms with Gasteiger partial charge in [0.1, 0.15) is 6.54 Å². The maximum atomic E-state index is 11.9. The number of carbonyl (C=O) groups is 1. The first-order valence-corrected chi connectivity index (χ1v) is 4.31. The van der Waals surface area contributed by atoms with Gasteiger partial charge in [0, 0.05) is 18.7 Å². The van der Waals surface area contributed by atoms with E-state index >= 15 is 0 Å². The van der Waals surface area contributed by atoms with Crippen LogP contribution in [0.4, 0.5) is 19.0 Å². The molecule has 15 heavy (non-hydrogen) atoms. The Morgan fingerprint density at radius 2 is 2.27 bits per heavy atom. The van der Waals surface area contributed by atoms with Crippen molar-refractivity contribution in [1.29, 1.82) is 0 Å². The fourth-order valence-electron chi connectivity index (χ4n) is 0.931. The van der Waals surface area contributed by atoms with Crippen LogP contribution in [0.1, 0.15) is 13.3 Å². The van der Waals surface area contributed by atoms with E-state index < -0.39 is 12.7 Å². The first-order chi connectivity index (χ1) is 6.90. The lowest BCUT2D eigenvalue weighted by Crippen LogP contribution is -2.18. The summed E-state index contributed by atoms with van der Waals surface area (Å²) in [5.41, 5.74) is 0. The zero-order valence-electron chi connectivity index (χ0n) is 8.01. The Morgan fingerprint density at radius 3 is 2.80 bits per heavy atom. The molecule has 0 saturated heterocycles. The average Bonchev–Trinajstić information content (AvgIpc) is 2.49. The first kappa shape index (κ1) is 11.5. The second kappa shape index (κ2) is 4.33. The van der Waals surface area contributed by atoms with Crippen LogP contribution in [-0.4, -0.2) is 21.9 Å². The van der Waals surface area contributed by atoms with Crippen molar-refractivity contribution in [3.05, 3.63) is 12.3 Å². The third kappa shape index (κ3) is 4.01. The number of nitrogens with one attached hydrogen (secondary N) is 1. The Balaban J connectivity index is 2.60. The maximum Gasteiger partial charge on any atom is 0.408 e. The van der Waals surface area contributed by atoms with E-state index in [9.17, 15) is 18.0 Å². The summed E-state index contributed by atoms with van der Waals surface area (Å²) in [6.07, 6.45) is -2.89. The van der Waals surface area contributed by atoms with Crippen LogP contribution in [0.3, 0.4) is 0 Å². The minimum absolute atomic E-state index is 0.131. The summed E-state index contributed by atoms with van der Waals surface area (Å²) in [5, 5.41) is 5.91. The van der Waals surface area contributed by atoms with Gasteiger partial charge >= 0.3 is 6.18 Å². The number of aromatic nitrogens is 2. The number of amides is 1. The SMILES string of the molecule is CCC(=O)Nc1ccn(CC(F)(F)F)n1. The summed E-state index contributed by atoms with van der Waals surface area (Å²) >= 11 is 0. The number of hydrogen-bond donors (Lipinski definition) is 1.